The van der Waals surface area contributed by atoms with Gasteiger partial charge in [0.1, 0.15) is 0 Å². The first-order valence-electron chi connectivity index (χ1n) is 3.89. The van der Waals surface area contributed by atoms with E-state index in [9.17, 15) is 0 Å². The molecule has 0 aliphatic heterocycles. The van der Waals surface area contributed by atoms with E-state index in [2.05, 4.69) is 28.7 Å². The van der Waals surface area contributed by atoms with Gasteiger partial charge < -0.3 is 0 Å². The van der Waals surface area contributed by atoms with E-state index in [-0.39, 0.29) is 0 Å². The molecule has 0 fully saturated rings. The van der Waals surface area contributed by atoms with Crippen LogP contribution in [-0.2, 0) is 0 Å². The molecule has 2 atom stereocenters. The summed E-state index contributed by atoms with van der Waals surface area (Å²) in [5.41, 5.74) is 5.26. The summed E-state index contributed by atoms with van der Waals surface area (Å²) in [6, 6.07) is 0. The molecule has 0 aromatic rings. The van der Waals surface area contributed by atoms with Crippen LogP contribution in [0.4, 0.5) is 0 Å². The van der Waals surface area contributed by atoms with E-state index in [1.165, 1.54) is 17.3 Å². The molecule has 3 aliphatic rings. The van der Waals surface area contributed by atoms with E-state index < -0.39 is 0 Å². The van der Waals surface area contributed by atoms with Crippen molar-refractivity contribution in [3.63, 3.8) is 0 Å². The Hall–Kier alpha value is 0.210. The van der Waals surface area contributed by atoms with Crippen LogP contribution in [0, 0.1) is 11.8 Å². The molecule has 0 saturated carbocycles. The highest BCUT2D eigenvalue weighted by Gasteiger charge is 2.45. The van der Waals surface area contributed by atoms with Crippen LogP contribution in [-0.4, -0.2) is 4.43 Å². The zero-order chi connectivity index (χ0) is 6.72. The minimum atomic E-state index is 0.913. The van der Waals surface area contributed by atoms with Gasteiger partial charge >= 0.3 is 0 Å². The topological polar surface area (TPSA) is 0 Å². The fraction of sp³-hybridized carbons (Fsp3) is 0.556. The Kier molecular flexibility index (Phi) is 0.977. The highest BCUT2D eigenvalue weighted by molar-refractivity contribution is 14.1. The Morgan fingerprint density at radius 3 is 3.10 bits per heavy atom. The molecule has 3 rings (SSSR count). The third-order valence-corrected chi connectivity index (χ3v) is 4.19. The average molecular weight is 244 g/mol. The second-order valence-electron chi connectivity index (χ2n) is 3.53. The van der Waals surface area contributed by atoms with Crippen molar-refractivity contribution in [2.75, 3.05) is 4.43 Å². The lowest BCUT2D eigenvalue weighted by atomic mass is 9.70. The Morgan fingerprint density at radius 1 is 1.60 bits per heavy atom. The van der Waals surface area contributed by atoms with E-state index in [0.717, 1.165) is 11.8 Å². The van der Waals surface area contributed by atoms with E-state index in [1.807, 2.05) is 0 Å². The van der Waals surface area contributed by atoms with Crippen molar-refractivity contribution < 1.29 is 0 Å². The first kappa shape index (κ1) is 5.81. The van der Waals surface area contributed by atoms with Crippen LogP contribution in [0.2, 0.25) is 0 Å². The normalized spacial score (nSPS) is 40.3. The Balaban J connectivity index is 2.00. The van der Waals surface area contributed by atoms with Gasteiger partial charge in [0, 0.05) is 10.3 Å². The lowest BCUT2D eigenvalue weighted by Crippen LogP contribution is -2.22. The molecule has 2 unspecified atom stereocenters. The van der Waals surface area contributed by atoms with Gasteiger partial charge in [-0.05, 0) is 29.9 Å². The maximum absolute atomic E-state index is 2.52. The summed E-state index contributed by atoms with van der Waals surface area (Å²) in [5.74, 6) is 1.90. The molecule has 3 aliphatic carbocycles. The summed E-state index contributed by atoms with van der Waals surface area (Å²) in [7, 11) is 0. The molecule has 0 bridgehead atoms. The van der Waals surface area contributed by atoms with Crippen LogP contribution >= 0.6 is 22.6 Å². The Morgan fingerprint density at radius 2 is 2.50 bits per heavy atom. The molecule has 10 heavy (non-hydrogen) atoms. The van der Waals surface area contributed by atoms with Crippen molar-refractivity contribution in [1.82, 2.24) is 0 Å². The zero-order valence-corrected chi connectivity index (χ0v) is 7.89. The van der Waals surface area contributed by atoms with Gasteiger partial charge in [0.2, 0.25) is 0 Å². The summed E-state index contributed by atoms with van der Waals surface area (Å²) in [6.45, 7) is 0. The first-order chi connectivity index (χ1) is 4.90. The molecule has 52 valence electrons. The largest absolute Gasteiger partial charge is 0.0860 e. The highest BCUT2D eigenvalue weighted by Crippen LogP contribution is 2.59. The van der Waals surface area contributed by atoms with E-state index >= 15 is 0 Å². The third kappa shape index (κ3) is 0.468. The molecule has 0 aromatic heterocycles. The summed E-state index contributed by atoms with van der Waals surface area (Å²) in [4.78, 5) is 0. The summed E-state index contributed by atoms with van der Waals surface area (Å²) < 4.78 is 1.35. The molecule has 0 spiro atoms. The SMILES string of the molecule is ICC1CC2=C3C(=CC31)C2. The zero-order valence-electron chi connectivity index (χ0n) is 5.73. The predicted octanol–water partition coefficient (Wildman–Crippen LogP) is 2.70. The molecular formula is C9H9I. The summed E-state index contributed by atoms with van der Waals surface area (Å²) in [6.07, 6.45) is 5.26. The Bertz CT molecular complexity index is 260. The lowest BCUT2D eigenvalue weighted by molar-refractivity contribution is 0.527. The summed E-state index contributed by atoms with van der Waals surface area (Å²) >= 11 is 2.52. The second kappa shape index (κ2) is 1.68. The quantitative estimate of drug-likeness (QED) is 0.491. The van der Waals surface area contributed by atoms with E-state index in [1.54, 1.807) is 16.7 Å². The molecule has 0 amide bonds. The van der Waals surface area contributed by atoms with E-state index in [0.29, 0.717) is 0 Å². The molecular weight excluding hydrogens is 235 g/mol. The van der Waals surface area contributed by atoms with Crippen molar-refractivity contribution in [1.29, 1.82) is 0 Å². The van der Waals surface area contributed by atoms with Gasteiger partial charge in [-0.3, -0.25) is 0 Å². The monoisotopic (exact) mass is 244 g/mol. The lowest BCUT2D eigenvalue weighted by Gasteiger charge is -2.35. The van der Waals surface area contributed by atoms with Gasteiger partial charge in [0.25, 0.3) is 0 Å². The van der Waals surface area contributed by atoms with Crippen molar-refractivity contribution in [3.8, 4) is 0 Å². The molecule has 0 N–H and O–H groups in total. The number of rotatable bonds is 1. The van der Waals surface area contributed by atoms with Gasteiger partial charge in [-0.1, -0.05) is 34.2 Å². The molecule has 0 heterocycles. The minimum Gasteiger partial charge on any atom is -0.0860 e. The number of hydrogen-bond donors (Lipinski definition) is 0. The van der Waals surface area contributed by atoms with Crippen molar-refractivity contribution in [2.24, 2.45) is 11.8 Å². The predicted molar refractivity (Wildman–Crippen MR) is 50.2 cm³/mol. The van der Waals surface area contributed by atoms with Crippen molar-refractivity contribution >= 4 is 22.6 Å². The van der Waals surface area contributed by atoms with Crippen LogP contribution in [0.5, 0.6) is 0 Å². The standard InChI is InChI=1S/C9H9I/c10-4-7-2-5-1-6-3-8(7)9(5)6/h3,7-8H,1-2,4H2. The molecule has 1 heteroatoms. The molecule has 0 nitrogen and oxygen atoms in total. The molecule has 0 aromatic carbocycles. The van der Waals surface area contributed by atoms with Gasteiger partial charge in [-0.15, -0.1) is 0 Å². The van der Waals surface area contributed by atoms with Crippen molar-refractivity contribution in [2.45, 2.75) is 12.8 Å². The van der Waals surface area contributed by atoms with Gasteiger partial charge in [-0.25, -0.2) is 0 Å². The van der Waals surface area contributed by atoms with Gasteiger partial charge in [-0.2, -0.15) is 0 Å². The fourth-order valence-electron chi connectivity index (χ4n) is 2.49. The fourth-order valence-corrected chi connectivity index (χ4v) is 3.35. The maximum atomic E-state index is 2.52. The molecule has 0 saturated heterocycles. The van der Waals surface area contributed by atoms with Crippen LogP contribution < -0.4 is 0 Å². The summed E-state index contributed by atoms with van der Waals surface area (Å²) in [5, 5.41) is 0. The van der Waals surface area contributed by atoms with Crippen LogP contribution in [0.3, 0.4) is 0 Å². The number of hydrogen-bond acceptors (Lipinski definition) is 0. The Labute approximate surface area is 74.5 Å². The van der Waals surface area contributed by atoms with Crippen molar-refractivity contribution in [3.05, 3.63) is 22.8 Å². The minimum absolute atomic E-state index is 0.913. The maximum Gasteiger partial charge on any atom is 0.00650 e. The van der Waals surface area contributed by atoms with Crippen LogP contribution in [0.1, 0.15) is 12.8 Å². The van der Waals surface area contributed by atoms with Gasteiger partial charge in [0.05, 0.1) is 0 Å². The third-order valence-electron chi connectivity index (χ3n) is 3.06. The average Bonchev–Trinajstić information content (AvgIpc) is 2.06. The van der Waals surface area contributed by atoms with Gasteiger partial charge in [0.15, 0.2) is 0 Å². The first-order valence-corrected chi connectivity index (χ1v) is 5.41. The highest BCUT2D eigenvalue weighted by atomic mass is 127. The number of halogens is 1. The second-order valence-corrected chi connectivity index (χ2v) is 4.41. The number of alkyl halides is 1. The van der Waals surface area contributed by atoms with Crippen LogP contribution in [0.25, 0.3) is 0 Å². The smallest absolute Gasteiger partial charge is 0.00650 e. The molecule has 0 radical (unpaired) electrons. The number of allylic oxidation sites excluding steroid dienone is 4. The van der Waals surface area contributed by atoms with Crippen LogP contribution in [0.15, 0.2) is 22.8 Å². The van der Waals surface area contributed by atoms with E-state index in [4.69, 9.17) is 0 Å².